The van der Waals surface area contributed by atoms with E-state index in [1.807, 2.05) is 0 Å². The zero-order valence-electron chi connectivity index (χ0n) is 11.2. The van der Waals surface area contributed by atoms with Crippen LogP contribution in [0.1, 0.15) is 33.6 Å². The van der Waals surface area contributed by atoms with Crippen molar-refractivity contribution < 1.29 is 19.1 Å². The second-order valence-corrected chi connectivity index (χ2v) is 4.76. The molecule has 8 nitrogen and oxygen atoms in total. The maximum atomic E-state index is 12.0. The largest absolute Gasteiger partial charge is 0.424 e. The fraction of sp³-hybridized carbons (Fsp3) is 0.308. The van der Waals surface area contributed by atoms with Gasteiger partial charge in [0, 0.05) is 12.1 Å². The summed E-state index contributed by atoms with van der Waals surface area (Å²) in [5, 5.41) is 1.39. The topological polar surface area (TPSA) is 142 Å². The Balaban J connectivity index is 2.25. The van der Waals surface area contributed by atoms with Crippen LogP contribution in [0.5, 0.6) is 5.75 Å². The maximum Gasteiger partial charge on any atom is 0.330 e. The van der Waals surface area contributed by atoms with Crippen LogP contribution in [0.25, 0.3) is 0 Å². The van der Waals surface area contributed by atoms with Crippen LogP contribution in [0.3, 0.4) is 0 Å². The van der Waals surface area contributed by atoms with Crippen molar-refractivity contribution in [2.24, 2.45) is 17.3 Å². The summed E-state index contributed by atoms with van der Waals surface area (Å²) in [5.74, 6) is 3.56. The highest BCUT2D eigenvalue weighted by atomic mass is 16.5. The summed E-state index contributed by atoms with van der Waals surface area (Å²) in [7, 11) is 0. The fourth-order valence-corrected chi connectivity index (χ4v) is 2.18. The number of carbonyl (C=O) groups excluding carboxylic acids is 3. The third kappa shape index (κ3) is 3.18. The average Bonchev–Trinajstić information content (AvgIpc) is 2.85. The van der Waals surface area contributed by atoms with Crippen LogP contribution in [0, 0.1) is 0 Å². The molecule has 0 bridgehead atoms. The van der Waals surface area contributed by atoms with E-state index in [1.165, 1.54) is 23.2 Å². The SMILES string of the molecule is NC(=O)c1ccc(OC(=O)C2CCCN2N)c(C(N)=O)c1. The van der Waals surface area contributed by atoms with Gasteiger partial charge in [0.25, 0.3) is 5.91 Å². The van der Waals surface area contributed by atoms with Gasteiger partial charge in [-0.25, -0.2) is 9.80 Å². The number of primary amides is 2. The van der Waals surface area contributed by atoms with Crippen LogP contribution in [0.15, 0.2) is 18.2 Å². The Morgan fingerprint density at radius 1 is 1.19 bits per heavy atom. The number of hydrogen-bond acceptors (Lipinski definition) is 6. The van der Waals surface area contributed by atoms with Crippen molar-refractivity contribution in [3.63, 3.8) is 0 Å². The molecule has 0 aliphatic carbocycles. The monoisotopic (exact) mass is 292 g/mol. The molecular weight excluding hydrogens is 276 g/mol. The highest BCUT2D eigenvalue weighted by molar-refractivity contribution is 6.01. The minimum atomic E-state index is -0.822. The molecule has 0 aromatic heterocycles. The molecule has 1 aromatic carbocycles. The first-order valence-electron chi connectivity index (χ1n) is 6.37. The fourth-order valence-electron chi connectivity index (χ4n) is 2.18. The molecule has 8 heteroatoms. The number of esters is 1. The first kappa shape index (κ1) is 14.9. The van der Waals surface area contributed by atoms with Crippen LogP contribution >= 0.6 is 0 Å². The normalized spacial score (nSPS) is 18.4. The molecule has 1 fully saturated rings. The summed E-state index contributed by atoms with van der Waals surface area (Å²) < 4.78 is 5.18. The smallest absolute Gasteiger partial charge is 0.330 e. The van der Waals surface area contributed by atoms with Crippen LogP contribution in [-0.4, -0.2) is 35.4 Å². The van der Waals surface area contributed by atoms with E-state index in [2.05, 4.69) is 0 Å². The number of rotatable bonds is 4. The lowest BCUT2D eigenvalue weighted by Crippen LogP contribution is -2.43. The predicted octanol–water partition coefficient (Wildman–Crippen LogP) is -0.872. The number of hydrazine groups is 1. The Labute approximate surface area is 120 Å². The van der Waals surface area contributed by atoms with Gasteiger partial charge in [-0.05, 0) is 31.0 Å². The molecule has 112 valence electrons. The third-order valence-electron chi connectivity index (χ3n) is 3.31. The quantitative estimate of drug-likeness (QED) is 0.374. The number of amides is 2. The van der Waals surface area contributed by atoms with E-state index in [4.69, 9.17) is 22.0 Å². The van der Waals surface area contributed by atoms with E-state index in [9.17, 15) is 14.4 Å². The van der Waals surface area contributed by atoms with E-state index >= 15 is 0 Å². The van der Waals surface area contributed by atoms with Gasteiger partial charge in [0.1, 0.15) is 11.8 Å². The number of benzene rings is 1. The van der Waals surface area contributed by atoms with Gasteiger partial charge in [0.2, 0.25) is 5.91 Å². The molecule has 0 spiro atoms. The summed E-state index contributed by atoms with van der Waals surface area (Å²) in [5.41, 5.74) is 10.4. The first-order chi connectivity index (χ1) is 9.90. The Bertz CT molecular complexity index is 602. The lowest BCUT2D eigenvalue weighted by atomic mass is 10.1. The van der Waals surface area contributed by atoms with Crippen molar-refractivity contribution >= 4 is 17.8 Å². The van der Waals surface area contributed by atoms with Crippen LogP contribution in [-0.2, 0) is 4.79 Å². The highest BCUT2D eigenvalue weighted by Crippen LogP contribution is 2.22. The minimum absolute atomic E-state index is 0.0159. The van der Waals surface area contributed by atoms with Gasteiger partial charge >= 0.3 is 5.97 Å². The number of nitrogens with two attached hydrogens (primary N) is 3. The molecule has 2 rings (SSSR count). The maximum absolute atomic E-state index is 12.0. The van der Waals surface area contributed by atoms with Gasteiger partial charge in [-0.15, -0.1) is 0 Å². The number of nitrogens with zero attached hydrogens (tertiary/aromatic N) is 1. The molecule has 1 heterocycles. The Morgan fingerprint density at radius 3 is 2.43 bits per heavy atom. The number of carbonyl (C=O) groups is 3. The molecule has 0 radical (unpaired) electrons. The van der Waals surface area contributed by atoms with E-state index in [1.54, 1.807) is 0 Å². The van der Waals surface area contributed by atoms with E-state index in [-0.39, 0.29) is 16.9 Å². The lowest BCUT2D eigenvalue weighted by Gasteiger charge is -2.18. The molecule has 21 heavy (non-hydrogen) atoms. The van der Waals surface area contributed by atoms with Crippen molar-refractivity contribution in [1.82, 2.24) is 5.01 Å². The van der Waals surface area contributed by atoms with Gasteiger partial charge in [0.05, 0.1) is 5.56 Å². The van der Waals surface area contributed by atoms with Crippen LogP contribution in [0.2, 0.25) is 0 Å². The molecule has 0 saturated carbocycles. The van der Waals surface area contributed by atoms with Gasteiger partial charge in [-0.2, -0.15) is 0 Å². The third-order valence-corrected chi connectivity index (χ3v) is 3.31. The highest BCUT2D eigenvalue weighted by Gasteiger charge is 2.31. The Morgan fingerprint density at radius 2 is 1.90 bits per heavy atom. The van der Waals surface area contributed by atoms with Crippen molar-refractivity contribution in [2.45, 2.75) is 18.9 Å². The molecular formula is C13H16N4O4. The second-order valence-electron chi connectivity index (χ2n) is 4.76. The molecule has 1 unspecified atom stereocenters. The second kappa shape index (κ2) is 5.90. The standard InChI is InChI=1S/C13H16N4O4/c14-11(18)7-3-4-10(8(6-7)12(15)19)21-13(20)9-2-1-5-17(9)16/h3-4,6,9H,1-2,5,16H2,(H2,14,18)(H2,15,19). The first-order valence-corrected chi connectivity index (χ1v) is 6.37. The van der Waals surface area contributed by atoms with E-state index < -0.39 is 23.8 Å². The summed E-state index contributed by atoms with van der Waals surface area (Å²) in [6, 6.07) is 3.31. The molecule has 1 saturated heterocycles. The minimum Gasteiger partial charge on any atom is -0.424 e. The van der Waals surface area contributed by atoms with Crippen LogP contribution in [0.4, 0.5) is 0 Å². The molecule has 2 amide bonds. The van der Waals surface area contributed by atoms with Gasteiger partial charge in [-0.1, -0.05) is 0 Å². The summed E-state index contributed by atoms with van der Waals surface area (Å²) in [6.07, 6.45) is 1.38. The molecule has 1 atom stereocenters. The van der Waals surface area contributed by atoms with E-state index in [0.717, 1.165) is 6.42 Å². The average molecular weight is 292 g/mol. The summed E-state index contributed by atoms with van der Waals surface area (Å²) >= 11 is 0. The molecule has 6 N–H and O–H groups in total. The van der Waals surface area contributed by atoms with E-state index in [0.29, 0.717) is 13.0 Å². The molecule has 1 aliphatic heterocycles. The predicted molar refractivity (Wildman–Crippen MR) is 73.0 cm³/mol. The van der Waals surface area contributed by atoms with Gasteiger partial charge in [-0.3, -0.25) is 15.4 Å². The van der Waals surface area contributed by atoms with Crippen molar-refractivity contribution in [2.75, 3.05) is 6.54 Å². The van der Waals surface area contributed by atoms with Gasteiger partial charge in [0.15, 0.2) is 0 Å². The zero-order chi connectivity index (χ0) is 15.6. The summed E-state index contributed by atoms with van der Waals surface area (Å²) in [4.78, 5) is 34.5. The van der Waals surface area contributed by atoms with Crippen molar-refractivity contribution in [1.29, 1.82) is 0 Å². The van der Waals surface area contributed by atoms with Crippen molar-refractivity contribution in [3.8, 4) is 5.75 Å². The molecule has 1 aromatic rings. The summed E-state index contributed by atoms with van der Waals surface area (Å²) in [6.45, 7) is 0.600. The number of hydrogen-bond donors (Lipinski definition) is 3. The van der Waals surface area contributed by atoms with Crippen molar-refractivity contribution in [3.05, 3.63) is 29.3 Å². The lowest BCUT2D eigenvalue weighted by molar-refractivity contribution is -0.139. The Hall–Kier alpha value is -2.45. The number of ether oxygens (including phenoxy) is 1. The van der Waals surface area contributed by atoms with Gasteiger partial charge < -0.3 is 16.2 Å². The zero-order valence-corrected chi connectivity index (χ0v) is 11.2. The molecule has 1 aliphatic rings. The van der Waals surface area contributed by atoms with Crippen LogP contribution < -0.4 is 22.0 Å². The Kier molecular flexibility index (Phi) is 4.20.